The number of rotatable bonds is 3. The van der Waals surface area contributed by atoms with Crippen molar-refractivity contribution in [3.8, 4) is 11.1 Å². The number of hydrogen-bond donors (Lipinski definition) is 0. The van der Waals surface area contributed by atoms with E-state index in [2.05, 4.69) is 4.74 Å². The maximum atomic E-state index is 13.4. The maximum absolute atomic E-state index is 13.4. The van der Waals surface area contributed by atoms with Crippen LogP contribution in [-0.2, 0) is 4.74 Å². The second-order valence-corrected chi connectivity index (χ2v) is 3.96. The number of nitrogens with zero attached hydrogens (tertiary/aromatic N) is 1. The first kappa shape index (κ1) is 13.7. The molecule has 0 aliphatic heterocycles. The predicted molar refractivity (Wildman–Crippen MR) is 69.8 cm³/mol. The van der Waals surface area contributed by atoms with Crippen LogP contribution in [0.1, 0.15) is 10.4 Å². The topological polar surface area (TPSA) is 69.4 Å². The van der Waals surface area contributed by atoms with Gasteiger partial charge in [0, 0.05) is 11.6 Å². The van der Waals surface area contributed by atoms with E-state index in [4.69, 9.17) is 0 Å². The molecule has 0 N–H and O–H groups in total. The van der Waals surface area contributed by atoms with Gasteiger partial charge in [-0.15, -0.1) is 0 Å². The van der Waals surface area contributed by atoms with Crippen LogP contribution in [0.25, 0.3) is 11.1 Å². The number of esters is 1. The molecule has 0 unspecified atom stereocenters. The van der Waals surface area contributed by atoms with Gasteiger partial charge in [0.25, 0.3) is 5.69 Å². The molecule has 0 heterocycles. The van der Waals surface area contributed by atoms with Gasteiger partial charge < -0.3 is 4.74 Å². The normalized spacial score (nSPS) is 10.1. The van der Waals surface area contributed by atoms with E-state index < -0.39 is 16.7 Å². The average molecular weight is 275 g/mol. The molecule has 0 atom stereocenters. The lowest BCUT2D eigenvalue weighted by Crippen LogP contribution is -2.04. The number of carbonyl (C=O) groups excluding carboxylic acids is 1. The van der Waals surface area contributed by atoms with Crippen molar-refractivity contribution < 1.29 is 18.8 Å². The predicted octanol–water partition coefficient (Wildman–Crippen LogP) is 3.19. The van der Waals surface area contributed by atoms with Crippen molar-refractivity contribution in [1.82, 2.24) is 0 Å². The minimum absolute atomic E-state index is 0.0380. The average Bonchev–Trinajstić information content (AvgIpc) is 2.46. The SMILES string of the molecule is COC(=O)c1ccccc1-c1cc(F)ccc1[N+](=O)[O-]. The molecule has 2 aromatic rings. The first-order chi connectivity index (χ1) is 9.54. The van der Waals surface area contributed by atoms with Crippen molar-refractivity contribution in [2.75, 3.05) is 7.11 Å². The molecule has 2 aromatic carbocycles. The highest BCUT2D eigenvalue weighted by atomic mass is 19.1. The Labute approximate surface area is 113 Å². The number of methoxy groups -OCH3 is 1. The summed E-state index contributed by atoms with van der Waals surface area (Å²) in [6.45, 7) is 0. The molecule has 20 heavy (non-hydrogen) atoms. The summed E-state index contributed by atoms with van der Waals surface area (Å²) in [5.74, 6) is -1.26. The van der Waals surface area contributed by atoms with Crippen LogP contribution in [0.4, 0.5) is 10.1 Å². The zero-order chi connectivity index (χ0) is 14.7. The quantitative estimate of drug-likeness (QED) is 0.490. The number of nitro groups is 1. The minimum Gasteiger partial charge on any atom is -0.465 e. The molecule has 2 rings (SSSR count). The molecule has 6 heteroatoms. The van der Waals surface area contributed by atoms with E-state index in [1.165, 1.54) is 19.2 Å². The number of carbonyl (C=O) groups is 1. The van der Waals surface area contributed by atoms with Gasteiger partial charge in [-0.25, -0.2) is 9.18 Å². The molecule has 0 aliphatic carbocycles. The zero-order valence-electron chi connectivity index (χ0n) is 10.5. The number of hydrogen-bond acceptors (Lipinski definition) is 4. The van der Waals surface area contributed by atoms with Gasteiger partial charge >= 0.3 is 5.97 Å². The highest BCUT2D eigenvalue weighted by molar-refractivity contribution is 5.98. The summed E-state index contributed by atoms with van der Waals surface area (Å²) in [6, 6.07) is 9.28. The monoisotopic (exact) mass is 275 g/mol. The molecule has 0 aromatic heterocycles. The fraction of sp³-hybridized carbons (Fsp3) is 0.0714. The van der Waals surface area contributed by atoms with Crippen molar-refractivity contribution in [2.45, 2.75) is 0 Å². The summed E-state index contributed by atoms with van der Waals surface area (Å²) in [4.78, 5) is 22.1. The Hall–Kier alpha value is -2.76. The molecular weight excluding hydrogens is 265 g/mol. The van der Waals surface area contributed by atoms with Gasteiger partial charge in [-0.1, -0.05) is 18.2 Å². The zero-order valence-corrected chi connectivity index (χ0v) is 10.5. The molecule has 0 bridgehead atoms. The lowest BCUT2D eigenvalue weighted by molar-refractivity contribution is -0.384. The Morgan fingerprint density at radius 1 is 1.20 bits per heavy atom. The van der Waals surface area contributed by atoms with Crippen molar-refractivity contribution in [1.29, 1.82) is 0 Å². The molecule has 5 nitrogen and oxygen atoms in total. The molecule has 102 valence electrons. The molecule has 0 spiro atoms. The second-order valence-electron chi connectivity index (χ2n) is 3.96. The van der Waals surface area contributed by atoms with Gasteiger partial charge in [0.05, 0.1) is 23.2 Å². The molecule has 0 amide bonds. The molecular formula is C14H10FNO4. The van der Waals surface area contributed by atoms with Gasteiger partial charge in [-0.3, -0.25) is 10.1 Å². The van der Waals surface area contributed by atoms with E-state index in [1.54, 1.807) is 12.1 Å². The Balaban J connectivity index is 2.71. The molecule has 0 saturated heterocycles. The molecule has 0 saturated carbocycles. The minimum atomic E-state index is -0.640. The summed E-state index contributed by atoms with van der Waals surface area (Å²) < 4.78 is 18.0. The van der Waals surface area contributed by atoms with Gasteiger partial charge in [0.15, 0.2) is 0 Å². The van der Waals surface area contributed by atoms with Crippen LogP contribution in [0.2, 0.25) is 0 Å². The molecule has 0 radical (unpaired) electrons. The third kappa shape index (κ3) is 2.49. The summed E-state index contributed by atoms with van der Waals surface area (Å²) in [5, 5.41) is 11.0. The molecule has 0 fully saturated rings. The van der Waals surface area contributed by atoms with Crippen molar-refractivity contribution >= 4 is 11.7 Å². The lowest BCUT2D eigenvalue weighted by Gasteiger charge is -2.08. The smallest absolute Gasteiger partial charge is 0.338 e. The van der Waals surface area contributed by atoms with Gasteiger partial charge in [0.2, 0.25) is 0 Å². The van der Waals surface area contributed by atoms with Crippen LogP contribution in [0.15, 0.2) is 42.5 Å². The van der Waals surface area contributed by atoms with E-state index in [0.717, 1.165) is 18.2 Å². The first-order valence-corrected chi connectivity index (χ1v) is 5.66. The van der Waals surface area contributed by atoms with Crippen LogP contribution in [0, 0.1) is 15.9 Å². The van der Waals surface area contributed by atoms with E-state index >= 15 is 0 Å². The van der Waals surface area contributed by atoms with E-state index in [9.17, 15) is 19.3 Å². The van der Waals surface area contributed by atoms with Gasteiger partial charge in [-0.05, 0) is 18.2 Å². The maximum Gasteiger partial charge on any atom is 0.338 e. The van der Waals surface area contributed by atoms with Gasteiger partial charge in [0.1, 0.15) is 5.82 Å². The Morgan fingerprint density at radius 3 is 2.55 bits per heavy atom. The van der Waals surface area contributed by atoms with Crippen LogP contribution in [-0.4, -0.2) is 18.0 Å². The third-order valence-electron chi connectivity index (χ3n) is 2.78. The van der Waals surface area contributed by atoms with Crippen LogP contribution < -0.4 is 0 Å². The summed E-state index contributed by atoms with van der Waals surface area (Å²) in [6.07, 6.45) is 0. The molecule has 0 aliphatic rings. The Kier molecular flexibility index (Phi) is 3.74. The second kappa shape index (κ2) is 5.48. The highest BCUT2D eigenvalue weighted by Gasteiger charge is 2.21. The number of ether oxygens (including phenoxy) is 1. The van der Waals surface area contributed by atoms with Crippen LogP contribution in [0.3, 0.4) is 0 Å². The Morgan fingerprint density at radius 2 is 1.90 bits per heavy atom. The number of nitro benzene ring substituents is 1. The fourth-order valence-electron chi connectivity index (χ4n) is 1.89. The van der Waals surface area contributed by atoms with Crippen molar-refractivity contribution in [3.63, 3.8) is 0 Å². The van der Waals surface area contributed by atoms with E-state index in [1.807, 2.05) is 0 Å². The fourth-order valence-corrected chi connectivity index (χ4v) is 1.89. The third-order valence-corrected chi connectivity index (χ3v) is 2.78. The largest absolute Gasteiger partial charge is 0.465 e. The van der Waals surface area contributed by atoms with Crippen molar-refractivity contribution in [3.05, 3.63) is 64.0 Å². The van der Waals surface area contributed by atoms with Crippen LogP contribution >= 0.6 is 0 Å². The van der Waals surface area contributed by atoms with Crippen molar-refractivity contribution in [2.24, 2.45) is 0 Å². The first-order valence-electron chi connectivity index (χ1n) is 5.66. The van der Waals surface area contributed by atoms with Crippen LogP contribution in [0.5, 0.6) is 0 Å². The Bertz CT molecular complexity index is 685. The standard InChI is InChI=1S/C14H10FNO4/c1-20-14(17)11-5-3-2-4-10(11)12-8-9(15)6-7-13(12)16(18)19/h2-8H,1H3. The van der Waals surface area contributed by atoms with E-state index in [0.29, 0.717) is 0 Å². The van der Waals surface area contributed by atoms with E-state index in [-0.39, 0.29) is 22.4 Å². The number of halogens is 1. The summed E-state index contributed by atoms with van der Waals surface area (Å²) >= 11 is 0. The highest BCUT2D eigenvalue weighted by Crippen LogP contribution is 2.33. The summed E-state index contributed by atoms with van der Waals surface area (Å²) in [5.41, 5.74) is 0.160. The lowest BCUT2D eigenvalue weighted by atomic mass is 9.98. The number of benzene rings is 2. The summed E-state index contributed by atoms with van der Waals surface area (Å²) in [7, 11) is 1.21. The van der Waals surface area contributed by atoms with Gasteiger partial charge in [-0.2, -0.15) is 0 Å².